The average Bonchev–Trinajstić information content (AvgIpc) is 2.96. The molecular formula is C19H23N5O2. The Morgan fingerprint density at radius 1 is 1.31 bits per heavy atom. The summed E-state index contributed by atoms with van der Waals surface area (Å²) in [4.78, 5) is 24.0. The van der Waals surface area contributed by atoms with Crippen molar-refractivity contribution in [1.82, 2.24) is 20.4 Å². The Labute approximate surface area is 153 Å². The maximum Gasteiger partial charge on any atom is 0.270 e. The van der Waals surface area contributed by atoms with Crippen LogP contribution < -0.4 is 10.6 Å². The van der Waals surface area contributed by atoms with Crippen LogP contribution in [-0.4, -0.2) is 35.2 Å². The van der Waals surface area contributed by atoms with Crippen LogP contribution in [0.1, 0.15) is 47.1 Å². The van der Waals surface area contributed by atoms with Gasteiger partial charge in [0.25, 0.3) is 5.91 Å². The van der Waals surface area contributed by atoms with E-state index in [2.05, 4.69) is 21.8 Å². The predicted molar refractivity (Wildman–Crippen MR) is 98.6 cm³/mol. The molecule has 0 atom stereocenters. The number of hydrogen-bond donors (Lipinski definition) is 2. The number of aromatic nitrogens is 2. The molecule has 0 unspecified atom stereocenters. The highest BCUT2D eigenvalue weighted by Crippen LogP contribution is 2.28. The fourth-order valence-corrected chi connectivity index (χ4v) is 2.71. The molecule has 1 aromatic carbocycles. The zero-order chi connectivity index (χ0) is 19.4. The number of amides is 2. The lowest BCUT2D eigenvalue weighted by molar-refractivity contribution is -0.119. The smallest absolute Gasteiger partial charge is 0.270 e. The van der Waals surface area contributed by atoms with Gasteiger partial charge in [0, 0.05) is 24.2 Å². The van der Waals surface area contributed by atoms with Gasteiger partial charge in [-0.1, -0.05) is 6.07 Å². The molecule has 7 heteroatoms. The molecule has 136 valence electrons. The van der Waals surface area contributed by atoms with Gasteiger partial charge >= 0.3 is 0 Å². The number of carbonyl (C=O) groups excluding carboxylic acids is 2. The Morgan fingerprint density at radius 3 is 2.54 bits per heavy atom. The molecule has 1 heterocycles. The van der Waals surface area contributed by atoms with Crippen molar-refractivity contribution in [2.45, 2.75) is 33.7 Å². The van der Waals surface area contributed by atoms with Crippen molar-refractivity contribution in [1.29, 1.82) is 5.26 Å². The summed E-state index contributed by atoms with van der Waals surface area (Å²) in [5.74, 6) is -0.613. The van der Waals surface area contributed by atoms with Crippen LogP contribution in [-0.2, 0) is 4.79 Å². The van der Waals surface area contributed by atoms with Gasteiger partial charge in [0.2, 0.25) is 5.91 Å². The lowest BCUT2D eigenvalue weighted by atomic mass is 10.0. The van der Waals surface area contributed by atoms with E-state index in [0.717, 1.165) is 16.7 Å². The first-order valence-electron chi connectivity index (χ1n) is 8.39. The largest absolute Gasteiger partial charge is 0.358 e. The molecule has 0 aliphatic heterocycles. The van der Waals surface area contributed by atoms with Crippen LogP contribution in [0.2, 0.25) is 0 Å². The standard InChI is InChI=1S/C19H23N5O2/c1-11(2)24-18(19(26)22-10-16(25)21-5)13(4)17(23-24)14-6-7-15(9-20)12(3)8-14/h6-8,11H,10H2,1-5H3,(H,21,25)(H,22,26). The number of nitrogens with one attached hydrogen (secondary N) is 2. The van der Waals surface area contributed by atoms with E-state index in [4.69, 9.17) is 5.26 Å². The van der Waals surface area contributed by atoms with Gasteiger partial charge in [-0.25, -0.2) is 0 Å². The number of nitriles is 1. The van der Waals surface area contributed by atoms with Gasteiger partial charge in [-0.05, 0) is 45.4 Å². The third-order valence-corrected chi connectivity index (χ3v) is 4.16. The van der Waals surface area contributed by atoms with Crippen molar-refractivity contribution in [3.8, 4) is 17.3 Å². The quantitative estimate of drug-likeness (QED) is 0.859. The Bertz CT molecular complexity index is 890. The molecule has 0 spiro atoms. The SMILES string of the molecule is CNC(=O)CNC(=O)c1c(C)c(-c2ccc(C#N)c(C)c2)nn1C(C)C. The number of rotatable bonds is 5. The normalized spacial score (nSPS) is 10.5. The van der Waals surface area contributed by atoms with Gasteiger partial charge in [-0.3, -0.25) is 14.3 Å². The number of benzene rings is 1. The van der Waals surface area contributed by atoms with E-state index in [1.807, 2.05) is 39.8 Å². The summed E-state index contributed by atoms with van der Waals surface area (Å²) in [7, 11) is 1.52. The van der Waals surface area contributed by atoms with Crippen LogP contribution in [0.15, 0.2) is 18.2 Å². The van der Waals surface area contributed by atoms with Gasteiger partial charge < -0.3 is 10.6 Å². The van der Waals surface area contributed by atoms with Crippen LogP contribution in [0, 0.1) is 25.2 Å². The van der Waals surface area contributed by atoms with E-state index in [0.29, 0.717) is 17.0 Å². The Hall–Kier alpha value is -3.14. The summed E-state index contributed by atoms with van der Waals surface area (Å²) < 4.78 is 1.66. The second-order valence-electron chi connectivity index (χ2n) is 6.36. The second-order valence-corrected chi connectivity index (χ2v) is 6.36. The molecule has 0 saturated heterocycles. The molecule has 2 aromatic rings. The van der Waals surface area contributed by atoms with Crippen LogP contribution in [0.4, 0.5) is 0 Å². The topological polar surface area (TPSA) is 99.8 Å². The molecule has 0 fully saturated rings. The molecule has 0 radical (unpaired) electrons. The molecule has 26 heavy (non-hydrogen) atoms. The van der Waals surface area contributed by atoms with Crippen molar-refractivity contribution in [3.05, 3.63) is 40.6 Å². The summed E-state index contributed by atoms with van der Waals surface area (Å²) in [6.45, 7) is 7.49. The third-order valence-electron chi connectivity index (χ3n) is 4.16. The van der Waals surface area contributed by atoms with Crippen LogP contribution in [0.3, 0.4) is 0 Å². The number of aryl methyl sites for hydroxylation is 1. The summed E-state index contributed by atoms with van der Waals surface area (Å²) >= 11 is 0. The van der Waals surface area contributed by atoms with Gasteiger partial charge in [-0.2, -0.15) is 10.4 Å². The minimum absolute atomic E-state index is 0.0253. The Kier molecular flexibility index (Phi) is 5.78. The van der Waals surface area contributed by atoms with Crippen molar-refractivity contribution in [2.24, 2.45) is 0 Å². The average molecular weight is 353 g/mol. The molecule has 0 saturated carbocycles. The molecule has 2 N–H and O–H groups in total. The predicted octanol–water partition coefficient (Wildman–Crippen LogP) is 2.10. The van der Waals surface area contributed by atoms with Crippen molar-refractivity contribution < 1.29 is 9.59 Å². The van der Waals surface area contributed by atoms with Crippen molar-refractivity contribution in [3.63, 3.8) is 0 Å². The van der Waals surface area contributed by atoms with Crippen LogP contribution >= 0.6 is 0 Å². The summed E-state index contributed by atoms with van der Waals surface area (Å²) in [6, 6.07) is 7.60. The Morgan fingerprint density at radius 2 is 2.00 bits per heavy atom. The van der Waals surface area contributed by atoms with E-state index in [1.54, 1.807) is 10.7 Å². The summed E-state index contributed by atoms with van der Waals surface area (Å²) in [6.07, 6.45) is 0. The van der Waals surface area contributed by atoms with Gasteiger partial charge in [0.1, 0.15) is 5.69 Å². The Balaban J connectivity index is 2.48. The molecule has 2 amide bonds. The van der Waals surface area contributed by atoms with Gasteiger partial charge in [0.05, 0.1) is 23.9 Å². The third kappa shape index (κ3) is 3.75. The van der Waals surface area contributed by atoms with E-state index >= 15 is 0 Å². The zero-order valence-corrected chi connectivity index (χ0v) is 15.7. The maximum atomic E-state index is 12.6. The van der Waals surface area contributed by atoms with E-state index in [-0.39, 0.29) is 24.4 Å². The van der Waals surface area contributed by atoms with Gasteiger partial charge in [-0.15, -0.1) is 0 Å². The molecule has 0 bridgehead atoms. The zero-order valence-electron chi connectivity index (χ0n) is 15.7. The number of likely N-dealkylation sites (N-methyl/N-ethyl adjacent to an activating group) is 1. The highest BCUT2D eigenvalue weighted by atomic mass is 16.2. The first-order chi connectivity index (χ1) is 12.3. The lowest BCUT2D eigenvalue weighted by Crippen LogP contribution is -2.36. The van der Waals surface area contributed by atoms with Gasteiger partial charge in [0.15, 0.2) is 0 Å². The minimum atomic E-state index is -0.344. The first kappa shape index (κ1) is 19.2. The molecule has 0 aliphatic rings. The number of nitrogens with zero attached hydrogens (tertiary/aromatic N) is 3. The number of hydrogen-bond acceptors (Lipinski definition) is 4. The maximum absolute atomic E-state index is 12.6. The van der Waals surface area contributed by atoms with E-state index in [1.165, 1.54) is 7.05 Å². The second kappa shape index (κ2) is 7.83. The first-order valence-corrected chi connectivity index (χ1v) is 8.39. The van der Waals surface area contributed by atoms with Crippen LogP contribution in [0.25, 0.3) is 11.3 Å². The molecule has 2 rings (SSSR count). The minimum Gasteiger partial charge on any atom is -0.358 e. The molecule has 0 aliphatic carbocycles. The highest BCUT2D eigenvalue weighted by Gasteiger charge is 2.23. The summed E-state index contributed by atoms with van der Waals surface area (Å²) in [5, 5.41) is 18.8. The van der Waals surface area contributed by atoms with Crippen molar-refractivity contribution in [2.75, 3.05) is 13.6 Å². The monoisotopic (exact) mass is 353 g/mol. The lowest BCUT2D eigenvalue weighted by Gasteiger charge is -2.11. The molecular weight excluding hydrogens is 330 g/mol. The van der Waals surface area contributed by atoms with E-state index in [9.17, 15) is 9.59 Å². The summed E-state index contributed by atoms with van der Waals surface area (Å²) in [5.41, 5.74) is 4.17. The van der Waals surface area contributed by atoms with Crippen molar-refractivity contribution >= 4 is 11.8 Å². The van der Waals surface area contributed by atoms with Crippen LogP contribution in [0.5, 0.6) is 0 Å². The van der Waals surface area contributed by atoms with E-state index < -0.39 is 0 Å². The molecule has 7 nitrogen and oxygen atoms in total. The number of carbonyl (C=O) groups is 2. The fourth-order valence-electron chi connectivity index (χ4n) is 2.71. The fraction of sp³-hybridized carbons (Fsp3) is 0.368. The molecule has 1 aromatic heterocycles. The highest BCUT2D eigenvalue weighted by molar-refractivity contribution is 5.97.